The normalized spacial score (nSPS) is 12.0. The van der Waals surface area contributed by atoms with Crippen LogP contribution in [0.2, 0.25) is 0 Å². The van der Waals surface area contributed by atoms with Crippen molar-refractivity contribution >= 4 is 17.6 Å². The molecule has 0 aliphatic carbocycles. The number of carbonyl (C=O) groups is 2. The lowest BCUT2D eigenvalue weighted by atomic mass is 9.97. The fourth-order valence-electron chi connectivity index (χ4n) is 1.87. The maximum absolute atomic E-state index is 11.5. The van der Waals surface area contributed by atoms with Crippen LogP contribution in [0.5, 0.6) is 0 Å². The molecule has 1 aromatic rings. The van der Waals surface area contributed by atoms with Crippen LogP contribution in [0, 0.1) is 11.8 Å². The van der Waals surface area contributed by atoms with Gasteiger partial charge in [0, 0.05) is 25.5 Å². The summed E-state index contributed by atoms with van der Waals surface area (Å²) in [6.45, 7) is 4.31. The lowest BCUT2D eigenvalue weighted by Gasteiger charge is -2.16. The Morgan fingerprint density at radius 2 is 2.10 bits per heavy atom. The molecule has 110 valence electrons. The SMILES string of the molecule is CNC(=O)c1cc(NCC(CC(C)C)C(=O)O)ccn1. The summed E-state index contributed by atoms with van der Waals surface area (Å²) in [6, 6.07) is 3.31. The number of aliphatic carboxylic acids is 1. The number of amides is 1. The Balaban J connectivity index is 2.68. The van der Waals surface area contributed by atoms with Gasteiger partial charge in [-0.2, -0.15) is 0 Å². The lowest BCUT2D eigenvalue weighted by molar-refractivity contribution is -0.141. The molecule has 0 saturated heterocycles. The van der Waals surface area contributed by atoms with E-state index >= 15 is 0 Å². The maximum Gasteiger partial charge on any atom is 0.308 e. The van der Waals surface area contributed by atoms with Crippen molar-refractivity contribution in [1.29, 1.82) is 0 Å². The molecule has 1 heterocycles. The number of rotatable bonds is 7. The van der Waals surface area contributed by atoms with Gasteiger partial charge in [-0.3, -0.25) is 14.6 Å². The number of pyridine rings is 1. The lowest BCUT2D eigenvalue weighted by Crippen LogP contribution is -2.25. The smallest absolute Gasteiger partial charge is 0.308 e. The molecule has 3 N–H and O–H groups in total. The predicted octanol–water partition coefficient (Wildman–Crippen LogP) is 1.60. The number of aromatic nitrogens is 1. The summed E-state index contributed by atoms with van der Waals surface area (Å²) in [5, 5.41) is 14.7. The maximum atomic E-state index is 11.5. The van der Waals surface area contributed by atoms with E-state index in [1.54, 1.807) is 12.1 Å². The summed E-state index contributed by atoms with van der Waals surface area (Å²) < 4.78 is 0. The zero-order valence-corrected chi connectivity index (χ0v) is 12.0. The Labute approximate surface area is 118 Å². The standard InChI is InChI=1S/C14H21N3O3/c1-9(2)6-10(14(19)20)8-17-11-4-5-16-12(7-11)13(18)15-3/h4-5,7,9-10H,6,8H2,1-3H3,(H,15,18)(H,16,17)(H,19,20). The molecule has 6 heteroatoms. The summed E-state index contributed by atoms with van der Waals surface area (Å²) in [6.07, 6.45) is 2.13. The van der Waals surface area contributed by atoms with Gasteiger partial charge in [0.25, 0.3) is 5.91 Å². The van der Waals surface area contributed by atoms with E-state index in [0.717, 1.165) is 0 Å². The second-order valence-electron chi connectivity index (χ2n) is 5.05. The van der Waals surface area contributed by atoms with E-state index in [2.05, 4.69) is 15.6 Å². The molecule has 20 heavy (non-hydrogen) atoms. The summed E-state index contributed by atoms with van der Waals surface area (Å²) in [4.78, 5) is 26.6. The van der Waals surface area contributed by atoms with Gasteiger partial charge in [-0.05, 0) is 24.5 Å². The minimum absolute atomic E-state index is 0.273. The van der Waals surface area contributed by atoms with E-state index in [1.807, 2.05) is 13.8 Å². The van der Waals surface area contributed by atoms with Crippen molar-refractivity contribution < 1.29 is 14.7 Å². The highest BCUT2D eigenvalue weighted by molar-refractivity contribution is 5.92. The minimum Gasteiger partial charge on any atom is -0.481 e. The zero-order valence-electron chi connectivity index (χ0n) is 12.0. The molecule has 0 spiro atoms. The first-order valence-corrected chi connectivity index (χ1v) is 6.58. The molecule has 0 fully saturated rings. The Morgan fingerprint density at radius 3 is 2.65 bits per heavy atom. The number of nitrogens with one attached hydrogen (secondary N) is 2. The quantitative estimate of drug-likeness (QED) is 0.705. The molecule has 0 aliphatic rings. The van der Waals surface area contributed by atoms with Gasteiger partial charge in [-0.1, -0.05) is 13.8 Å². The number of nitrogens with zero attached hydrogens (tertiary/aromatic N) is 1. The summed E-state index contributed by atoms with van der Waals surface area (Å²) >= 11 is 0. The van der Waals surface area contributed by atoms with Crippen LogP contribution in [-0.2, 0) is 4.79 Å². The topological polar surface area (TPSA) is 91.3 Å². The van der Waals surface area contributed by atoms with Crippen molar-refractivity contribution in [3.05, 3.63) is 24.0 Å². The van der Waals surface area contributed by atoms with Crippen molar-refractivity contribution in [2.75, 3.05) is 18.9 Å². The van der Waals surface area contributed by atoms with Gasteiger partial charge in [0.1, 0.15) is 5.69 Å². The summed E-state index contributed by atoms with van der Waals surface area (Å²) in [7, 11) is 1.53. The molecule has 0 bridgehead atoms. The Kier molecular flexibility index (Phi) is 5.96. The zero-order chi connectivity index (χ0) is 15.1. The molecule has 1 amide bonds. The predicted molar refractivity (Wildman–Crippen MR) is 76.7 cm³/mol. The van der Waals surface area contributed by atoms with Crippen molar-refractivity contribution in [3.63, 3.8) is 0 Å². The van der Waals surface area contributed by atoms with E-state index in [9.17, 15) is 9.59 Å². The minimum atomic E-state index is -0.813. The van der Waals surface area contributed by atoms with Gasteiger partial charge in [-0.15, -0.1) is 0 Å². The molecular weight excluding hydrogens is 258 g/mol. The van der Waals surface area contributed by atoms with Crippen molar-refractivity contribution in [2.24, 2.45) is 11.8 Å². The monoisotopic (exact) mass is 279 g/mol. The molecule has 1 atom stereocenters. The third-order valence-corrected chi connectivity index (χ3v) is 2.88. The fourth-order valence-corrected chi connectivity index (χ4v) is 1.87. The van der Waals surface area contributed by atoms with E-state index in [-0.39, 0.29) is 5.91 Å². The van der Waals surface area contributed by atoms with E-state index in [4.69, 9.17) is 5.11 Å². The Hall–Kier alpha value is -2.11. The van der Waals surface area contributed by atoms with Crippen LogP contribution >= 0.6 is 0 Å². The average Bonchev–Trinajstić information content (AvgIpc) is 2.42. The van der Waals surface area contributed by atoms with Gasteiger partial charge >= 0.3 is 5.97 Å². The molecule has 0 saturated carbocycles. The van der Waals surface area contributed by atoms with Crippen LogP contribution in [0.15, 0.2) is 18.3 Å². The Bertz CT molecular complexity index is 474. The second kappa shape index (κ2) is 7.47. The van der Waals surface area contributed by atoms with Crippen LogP contribution in [-0.4, -0.2) is 35.6 Å². The van der Waals surface area contributed by atoms with E-state index in [1.165, 1.54) is 13.2 Å². The molecule has 6 nitrogen and oxygen atoms in total. The van der Waals surface area contributed by atoms with Gasteiger partial charge in [0.05, 0.1) is 5.92 Å². The first-order valence-electron chi connectivity index (χ1n) is 6.58. The van der Waals surface area contributed by atoms with Crippen molar-refractivity contribution in [3.8, 4) is 0 Å². The first-order chi connectivity index (χ1) is 9.43. The molecule has 1 aromatic heterocycles. The van der Waals surface area contributed by atoms with Crippen molar-refractivity contribution in [2.45, 2.75) is 20.3 Å². The highest BCUT2D eigenvalue weighted by Crippen LogP contribution is 2.14. The van der Waals surface area contributed by atoms with Crippen LogP contribution < -0.4 is 10.6 Å². The molecule has 1 unspecified atom stereocenters. The third kappa shape index (κ3) is 4.87. The Morgan fingerprint density at radius 1 is 1.40 bits per heavy atom. The van der Waals surface area contributed by atoms with Crippen LogP contribution in [0.4, 0.5) is 5.69 Å². The number of anilines is 1. The van der Waals surface area contributed by atoms with Gasteiger partial charge < -0.3 is 15.7 Å². The number of carbonyl (C=O) groups excluding carboxylic acids is 1. The van der Waals surface area contributed by atoms with Gasteiger partial charge in [-0.25, -0.2) is 0 Å². The molecule has 0 radical (unpaired) electrons. The second-order valence-corrected chi connectivity index (χ2v) is 5.05. The number of carboxylic acid groups (broad SMARTS) is 1. The molecule has 0 aliphatic heterocycles. The number of hydrogen-bond donors (Lipinski definition) is 3. The summed E-state index contributed by atoms with van der Waals surface area (Å²) in [5.41, 5.74) is 0.988. The number of hydrogen-bond acceptors (Lipinski definition) is 4. The average molecular weight is 279 g/mol. The van der Waals surface area contributed by atoms with Crippen LogP contribution in [0.25, 0.3) is 0 Å². The van der Waals surface area contributed by atoms with Gasteiger partial charge in [0.2, 0.25) is 0 Å². The molecule has 0 aromatic carbocycles. The first kappa shape index (κ1) is 15.9. The van der Waals surface area contributed by atoms with Crippen LogP contribution in [0.1, 0.15) is 30.8 Å². The van der Waals surface area contributed by atoms with E-state index in [0.29, 0.717) is 30.3 Å². The van der Waals surface area contributed by atoms with E-state index < -0.39 is 11.9 Å². The number of carboxylic acids is 1. The highest BCUT2D eigenvalue weighted by atomic mass is 16.4. The van der Waals surface area contributed by atoms with Crippen molar-refractivity contribution in [1.82, 2.24) is 10.3 Å². The fraction of sp³-hybridized carbons (Fsp3) is 0.500. The largest absolute Gasteiger partial charge is 0.481 e. The summed E-state index contributed by atoms with van der Waals surface area (Å²) in [5.74, 6) is -1.22. The molecular formula is C14H21N3O3. The highest BCUT2D eigenvalue weighted by Gasteiger charge is 2.18. The van der Waals surface area contributed by atoms with Gasteiger partial charge in [0.15, 0.2) is 0 Å². The third-order valence-electron chi connectivity index (χ3n) is 2.88. The van der Waals surface area contributed by atoms with Crippen LogP contribution in [0.3, 0.4) is 0 Å². The molecule has 1 rings (SSSR count).